The van der Waals surface area contributed by atoms with Gasteiger partial charge in [0, 0.05) is 11.1 Å². The second-order valence-electron chi connectivity index (χ2n) is 3.92. The summed E-state index contributed by atoms with van der Waals surface area (Å²) in [5, 5.41) is 0.719. The van der Waals surface area contributed by atoms with Crippen molar-refractivity contribution < 1.29 is 4.74 Å². The molecule has 1 heterocycles. The van der Waals surface area contributed by atoms with Crippen LogP contribution in [0.1, 0.15) is 17.3 Å². The van der Waals surface area contributed by atoms with Crippen LogP contribution in [-0.4, -0.2) is 17.1 Å². The highest BCUT2D eigenvalue weighted by Crippen LogP contribution is 2.18. The molecule has 2 N–H and O–H groups in total. The minimum atomic E-state index is -0.192. The minimum absolute atomic E-state index is 0.192. The van der Waals surface area contributed by atoms with Crippen molar-refractivity contribution in [2.45, 2.75) is 12.5 Å². The second-order valence-corrected chi connectivity index (χ2v) is 4.36. The van der Waals surface area contributed by atoms with Crippen molar-refractivity contribution in [3.8, 4) is 5.88 Å². The van der Waals surface area contributed by atoms with E-state index in [0.29, 0.717) is 12.3 Å². The van der Waals surface area contributed by atoms with Crippen molar-refractivity contribution in [3.63, 3.8) is 0 Å². The van der Waals surface area contributed by atoms with E-state index in [-0.39, 0.29) is 6.04 Å². The second kappa shape index (κ2) is 5.80. The van der Waals surface area contributed by atoms with Crippen molar-refractivity contribution in [1.29, 1.82) is 0 Å². The van der Waals surface area contributed by atoms with Crippen LogP contribution >= 0.6 is 11.6 Å². The highest BCUT2D eigenvalue weighted by atomic mass is 35.5. The van der Waals surface area contributed by atoms with Gasteiger partial charge in [-0.2, -0.15) is 0 Å². The third kappa shape index (κ3) is 3.18. The van der Waals surface area contributed by atoms with E-state index >= 15 is 0 Å². The maximum Gasteiger partial charge on any atom is 0.216 e. The molecule has 94 valence electrons. The van der Waals surface area contributed by atoms with Gasteiger partial charge in [-0.3, -0.25) is 0 Å². The number of aromatic nitrogens is 2. The first-order valence-electron chi connectivity index (χ1n) is 5.55. The molecule has 2 aromatic rings. The number of nitrogens with zero attached hydrogens (tertiary/aromatic N) is 2. The lowest BCUT2D eigenvalue weighted by molar-refractivity contribution is 0.395. The Morgan fingerprint density at radius 2 is 2.00 bits per heavy atom. The molecule has 1 atom stereocenters. The monoisotopic (exact) mass is 263 g/mol. The lowest BCUT2D eigenvalue weighted by Crippen LogP contribution is -2.15. The van der Waals surface area contributed by atoms with Crippen molar-refractivity contribution in [3.05, 3.63) is 52.9 Å². The van der Waals surface area contributed by atoms with Crippen LogP contribution in [0.3, 0.4) is 0 Å². The van der Waals surface area contributed by atoms with E-state index in [1.165, 1.54) is 6.33 Å². The molecule has 0 aliphatic carbocycles. The Bertz CT molecular complexity index is 516. The van der Waals surface area contributed by atoms with E-state index in [2.05, 4.69) is 9.97 Å². The summed E-state index contributed by atoms with van der Waals surface area (Å²) in [5.74, 6) is 0.520. The number of hydrogen-bond donors (Lipinski definition) is 1. The first-order chi connectivity index (χ1) is 8.69. The molecule has 0 aliphatic rings. The molecule has 5 heteroatoms. The van der Waals surface area contributed by atoms with Gasteiger partial charge in [0.25, 0.3) is 0 Å². The summed E-state index contributed by atoms with van der Waals surface area (Å²) < 4.78 is 5.05. The molecule has 4 nitrogen and oxygen atoms in total. The van der Waals surface area contributed by atoms with Crippen LogP contribution in [0, 0.1) is 0 Å². The quantitative estimate of drug-likeness (QED) is 0.920. The molecule has 1 aromatic carbocycles. The fraction of sp³-hybridized carbons (Fsp3) is 0.231. The maximum absolute atomic E-state index is 6.11. The summed E-state index contributed by atoms with van der Waals surface area (Å²) in [4.78, 5) is 8.11. The molecular weight excluding hydrogens is 250 g/mol. The van der Waals surface area contributed by atoms with Crippen molar-refractivity contribution in [1.82, 2.24) is 9.97 Å². The summed E-state index contributed by atoms with van der Waals surface area (Å²) >= 11 is 5.84. The fourth-order valence-corrected chi connectivity index (χ4v) is 1.77. The SMILES string of the molecule is COc1cc(C(N)Cc2ccc(Cl)cc2)ncn1. The molecule has 2 rings (SSSR count). The molecule has 0 saturated heterocycles. The molecule has 18 heavy (non-hydrogen) atoms. The zero-order valence-corrected chi connectivity index (χ0v) is 10.8. The van der Waals surface area contributed by atoms with Crippen molar-refractivity contribution in [2.75, 3.05) is 7.11 Å². The molecule has 0 aliphatic heterocycles. The Morgan fingerprint density at radius 1 is 1.28 bits per heavy atom. The number of benzene rings is 1. The first-order valence-corrected chi connectivity index (χ1v) is 5.93. The van der Waals surface area contributed by atoms with Gasteiger partial charge in [0.2, 0.25) is 5.88 Å². The Hall–Kier alpha value is -1.65. The molecule has 0 saturated carbocycles. The number of methoxy groups -OCH3 is 1. The van der Waals surface area contributed by atoms with E-state index in [9.17, 15) is 0 Å². The zero-order valence-electron chi connectivity index (χ0n) is 10.0. The fourth-order valence-electron chi connectivity index (χ4n) is 1.65. The average Bonchev–Trinajstić information content (AvgIpc) is 2.41. The Morgan fingerprint density at radius 3 is 2.67 bits per heavy atom. The highest BCUT2D eigenvalue weighted by Gasteiger charge is 2.10. The molecule has 0 fully saturated rings. The van der Waals surface area contributed by atoms with Crippen LogP contribution in [0.2, 0.25) is 5.02 Å². The standard InChI is InChI=1S/C13H14ClN3O/c1-18-13-7-12(16-8-17-13)11(15)6-9-2-4-10(14)5-3-9/h2-5,7-8,11H,6,15H2,1H3. The summed E-state index contributed by atoms with van der Waals surface area (Å²) in [5.41, 5.74) is 7.99. The third-order valence-electron chi connectivity index (χ3n) is 2.62. The first kappa shape index (κ1) is 12.8. The largest absolute Gasteiger partial charge is 0.481 e. The Balaban J connectivity index is 2.11. The summed E-state index contributed by atoms with van der Waals surface area (Å²) in [6.07, 6.45) is 2.15. The van der Waals surface area contributed by atoms with Crippen LogP contribution in [0.4, 0.5) is 0 Å². The predicted octanol–water partition coefficient (Wildman–Crippen LogP) is 2.38. The summed E-state index contributed by atoms with van der Waals surface area (Å²) in [7, 11) is 1.57. The number of ether oxygens (including phenoxy) is 1. The van der Waals surface area contributed by atoms with E-state index < -0.39 is 0 Å². The molecule has 0 radical (unpaired) electrons. The van der Waals surface area contributed by atoms with Crippen molar-refractivity contribution >= 4 is 11.6 Å². The molecule has 0 bridgehead atoms. The molecular formula is C13H14ClN3O. The summed E-state index contributed by atoms with van der Waals surface area (Å²) in [6, 6.07) is 9.18. The Kier molecular flexibility index (Phi) is 4.12. The zero-order chi connectivity index (χ0) is 13.0. The lowest BCUT2D eigenvalue weighted by atomic mass is 10.0. The topological polar surface area (TPSA) is 61.0 Å². The van der Waals surface area contributed by atoms with Gasteiger partial charge in [0.15, 0.2) is 0 Å². The van der Waals surface area contributed by atoms with E-state index in [4.69, 9.17) is 22.1 Å². The maximum atomic E-state index is 6.11. The van der Waals surface area contributed by atoms with Crippen LogP contribution < -0.4 is 10.5 Å². The normalized spacial score (nSPS) is 12.2. The van der Waals surface area contributed by atoms with Crippen LogP contribution in [0.25, 0.3) is 0 Å². The number of rotatable bonds is 4. The highest BCUT2D eigenvalue weighted by molar-refractivity contribution is 6.30. The van der Waals surface area contributed by atoms with Gasteiger partial charge in [-0.1, -0.05) is 23.7 Å². The van der Waals surface area contributed by atoms with Crippen molar-refractivity contribution in [2.24, 2.45) is 5.73 Å². The van der Waals surface area contributed by atoms with Gasteiger partial charge in [-0.25, -0.2) is 9.97 Å². The molecule has 1 unspecified atom stereocenters. The van der Waals surface area contributed by atoms with Gasteiger partial charge in [-0.05, 0) is 24.1 Å². The van der Waals surface area contributed by atoms with E-state index in [0.717, 1.165) is 16.3 Å². The van der Waals surface area contributed by atoms with Gasteiger partial charge in [-0.15, -0.1) is 0 Å². The van der Waals surface area contributed by atoms with Gasteiger partial charge >= 0.3 is 0 Å². The number of nitrogens with two attached hydrogens (primary N) is 1. The van der Waals surface area contributed by atoms with Crippen LogP contribution in [-0.2, 0) is 6.42 Å². The van der Waals surface area contributed by atoms with Crippen LogP contribution in [0.5, 0.6) is 5.88 Å². The molecule has 0 spiro atoms. The van der Waals surface area contributed by atoms with E-state index in [1.807, 2.05) is 24.3 Å². The minimum Gasteiger partial charge on any atom is -0.481 e. The lowest BCUT2D eigenvalue weighted by Gasteiger charge is -2.11. The number of halogens is 1. The predicted molar refractivity (Wildman–Crippen MR) is 70.7 cm³/mol. The van der Waals surface area contributed by atoms with Gasteiger partial charge in [0.1, 0.15) is 6.33 Å². The smallest absolute Gasteiger partial charge is 0.216 e. The van der Waals surface area contributed by atoms with E-state index in [1.54, 1.807) is 13.2 Å². The third-order valence-corrected chi connectivity index (χ3v) is 2.87. The average molecular weight is 264 g/mol. The summed E-state index contributed by atoms with van der Waals surface area (Å²) in [6.45, 7) is 0. The Labute approximate surface area is 111 Å². The van der Waals surface area contributed by atoms with Crippen LogP contribution in [0.15, 0.2) is 36.7 Å². The van der Waals surface area contributed by atoms with Gasteiger partial charge < -0.3 is 10.5 Å². The molecule has 1 aromatic heterocycles. The van der Waals surface area contributed by atoms with Gasteiger partial charge in [0.05, 0.1) is 18.8 Å². The molecule has 0 amide bonds. The number of hydrogen-bond acceptors (Lipinski definition) is 4.